The molecule has 0 spiro atoms. The highest BCUT2D eigenvalue weighted by atomic mass is 15.3. The van der Waals surface area contributed by atoms with Crippen LogP contribution in [0.2, 0.25) is 0 Å². The highest BCUT2D eigenvalue weighted by molar-refractivity contribution is 5.59. The fraction of sp³-hybridized carbons (Fsp3) is 0.474. The van der Waals surface area contributed by atoms with Gasteiger partial charge in [-0.3, -0.25) is 4.68 Å². The van der Waals surface area contributed by atoms with Gasteiger partial charge in [-0.15, -0.1) is 0 Å². The minimum Gasteiger partial charge on any atom is -0.399 e. The Morgan fingerprint density at radius 3 is 2.64 bits per heavy atom. The Hall–Kier alpha value is -3.04. The van der Waals surface area contributed by atoms with Gasteiger partial charge in [0.15, 0.2) is 5.41 Å². The maximum atomic E-state index is 9.96. The first-order valence-electron chi connectivity index (χ1n) is 8.51. The Balaban J connectivity index is 2.33. The number of nitriles is 3. The fourth-order valence-electron chi connectivity index (χ4n) is 4.22. The smallest absolute Gasteiger partial charge is 0.191 e. The number of nitrogens with zero attached hydrogens (tertiary/aromatic N) is 5. The predicted molar refractivity (Wildman–Crippen MR) is 91.3 cm³/mol. The first kappa shape index (κ1) is 16.8. The van der Waals surface area contributed by atoms with E-state index < -0.39 is 11.3 Å². The summed E-state index contributed by atoms with van der Waals surface area (Å²) in [6, 6.07) is 6.46. The maximum absolute atomic E-state index is 9.96. The predicted octanol–water partition coefficient (Wildman–Crippen LogP) is 2.81. The van der Waals surface area contributed by atoms with Crippen LogP contribution in [0.15, 0.2) is 29.1 Å². The lowest BCUT2D eigenvalue weighted by Crippen LogP contribution is -2.42. The second kappa shape index (κ2) is 6.11. The minimum atomic E-state index is -1.54. The molecule has 0 bridgehead atoms. The van der Waals surface area contributed by atoms with Crippen molar-refractivity contribution in [3.63, 3.8) is 0 Å². The van der Waals surface area contributed by atoms with E-state index in [0.717, 1.165) is 36.1 Å². The summed E-state index contributed by atoms with van der Waals surface area (Å²) in [5.74, 6) is -0.477. The molecular formula is C19H20N6. The monoisotopic (exact) mass is 332 g/mol. The van der Waals surface area contributed by atoms with E-state index in [0.29, 0.717) is 12.1 Å². The fourth-order valence-corrected chi connectivity index (χ4v) is 4.22. The molecule has 0 saturated carbocycles. The lowest BCUT2D eigenvalue weighted by Gasteiger charge is -2.43. The van der Waals surface area contributed by atoms with Crippen LogP contribution in [-0.2, 0) is 6.54 Å². The average Bonchev–Trinajstić information content (AvgIpc) is 3.01. The zero-order valence-electron chi connectivity index (χ0n) is 14.5. The molecule has 3 rings (SSSR count). The first-order valence-corrected chi connectivity index (χ1v) is 8.51. The van der Waals surface area contributed by atoms with Crippen LogP contribution in [-0.4, -0.2) is 9.78 Å². The summed E-state index contributed by atoms with van der Waals surface area (Å²) >= 11 is 0. The van der Waals surface area contributed by atoms with E-state index in [-0.39, 0.29) is 11.6 Å². The van der Waals surface area contributed by atoms with Gasteiger partial charge in [0.05, 0.1) is 29.1 Å². The van der Waals surface area contributed by atoms with Crippen molar-refractivity contribution in [1.29, 1.82) is 15.8 Å². The zero-order chi connectivity index (χ0) is 18.2. The maximum Gasteiger partial charge on any atom is 0.191 e. The van der Waals surface area contributed by atoms with Crippen molar-refractivity contribution in [2.75, 3.05) is 0 Å². The van der Waals surface area contributed by atoms with Gasteiger partial charge in [0.2, 0.25) is 0 Å². The van der Waals surface area contributed by atoms with Crippen LogP contribution in [0.25, 0.3) is 0 Å². The third-order valence-corrected chi connectivity index (χ3v) is 5.44. The standard InChI is InChI=1S/C19H20N6/c1-3-25-9-16(12(2)24-25)17-14-7-5-4-6-13(14)15(8-20)18(23)19(17,10-21)11-22/h6,9,14,17H,3-5,7,23H2,1-2H3. The summed E-state index contributed by atoms with van der Waals surface area (Å²) in [4.78, 5) is 0. The summed E-state index contributed by atoms with van der Waals surface area (Å²) in [5.41, 5.74) is 7.68. The molecule has 0 saturated heterocycles. The number of hydrogen-bond acceptors (Lipinski definition) is 5. The lowest BCUT2D eigenvalue weighted by atomic mass is 9.57. The molecule has 2 N–H and O–H groups in total. The van der Waals surface area contributed by atoms with Crippen molar-refractivity contribution in [3.05, 3.63) is 40.4 Å². The third kappa shape index (κ3) is 2.24. The first-order chi connectivity index (χ1) is 12.0. The van der Waals surface area contributed by atoms with Crippen LogP contribution in [0, 0.1) is 52.2 Å². The molecule has 0 aromatic carbocycles. The summed E-state index contributed by atoms with van der Waals surface area (Å²) in [6.07, 6.45) is 6.65. The number of rotatable bonds is 2. The van der Waals surface area contributed by atoms with Gasteiger partial charge < -0.3 is 5.73 Å². The van der Waals surface area contributed by atoms with Crippen molar-refractivity contribution in [3.8, 4) is 18.2 Å². The van der Waals surface area contributed by atoms with E-state index in [1.807, 2.05) is 30.8 Å². The molecule has 0 amide bonds. The molecule has 2 unspecified atom stereocenters. The number of allylic oxidation sites excluding steroid dienone is 4. The van der Waals surface area contributed by atoms with Crippen LogP contribution in [0.3, 0.4) is 0 Å². The molecule has 2 aliphatic rings. The van der Waals surface area contributed by atoms with E-state index >= 15 is 0 Å². The Kier molecular flexibility index (Phi) is 4.11. The Labute approximate surface area is 147 Å². The van der Waals surface area contributed by atoms with Gasteiger partial charge in [0.1, 0.15) is 6.07 Å². The molecule has 2 aliphatic carbocycles. The van der Waals surface area contributed by atoms with Crippen LogP contribution < -0.4 is 5.73 Å². The van der Waals surface area contributed by atoms with E-state index in [4.69, 9.17) is 5.73 Å². The molecule has 0 aliphatic heterocycles. The molecule has 1 aromatic rings. The lowest BCUT2D eigenvalue weighted by molar-refractivity contribution is 0.316. The van der Waals surface area contributed by atoms with Gasteiger partial charge in [0.25, 0.3) is 0 Å². The van der Waals surface area contributed by atoms with Gasteiger partial charge in [-0.05, 0) is 50.2 Å². The van der Waals surface area contributed by atoms with Crippen LogP contribution >= 0.6 is 0 Å². The SMILES string of the molecule is CCn1cc(C2C3CCCC=C3C(C#N)=C(N)C2(C#N)C#N)c(C)n1. The molecular weight excluding hydrogens is 312 g/mol. The van der Waals surface area contributed by atoms with Crippen molar-refractivity contribution in [1.82, 2.24) is 9.78 Å². The van der Waals surface area contributed by atoms with Crippen LogP contribution in [0.5, 0.6) is 0 Å². The highest BCUT2D eigenvalue weighted by Crippen LogP contribution is 2.56. The average molecular weight is 332 g/mol. The number of aryl methyl sites for hydroxylation is 2. The van der Waals surface area contributed by atoms with Gasteiger partial charge >= 0.3 is 0 Å². The number of fused-ring (bicyclic) bond motifs is 1. The molecule has 2 atom stereocenters. The highest BCUT2D eigenvalue weighted by Gasteiger charge is 2.54. The summed E-state index contributed by atoms with van der Waals surface area (Å²) in [5, 5.41) is 34.0. The summed E-state index contributed by atoms with van der Waals surface area (Å²) in [7, 11) is 0. The van der Waals surface area contributed by atoms with Gasteiger partial charge in [0, 0.05) is 18.7 Å². The number of nitrogens with two attached hydrogens (primary N) is 1. The Bertz CT molecular complexity index is 882. The van der Waals surface area contributed by atoms with E-state index in [9.17, 15) is 15.8 Å². The molecule has 6 nitrogen and oxygen atoms in total. The Morgan fingerprint density at radius 2 is 2.08 bits per heavy atom. The molecule has 0 fully saturated rings. The third-order valence-electron chi connectivity index (χ3n) is 5.44. The quantitative estimate of drug-likeness (QED) is 0.894. The van der Waals surface area contributed by atoms with Crippen molar-refractivity contribution < 1.29 is 0 Å². The molecule has 1 heterocycles. The van der Waals surface area contributed by atoms with E-state index in [1.54, 1.807) is 0 Å². The van der Waals surface area contributed by atoms with Crippen LogP contribution in [0.4, 0.5) is 0 Å². The normalized spacial score (nSPS) is 24.5. The largest absolute Gasteiger partial charge is 0.399 e. The molecule has 25 heavy (non-hydrogen) atoms. The van der Waals surface area contributed by atoms with Crippen molar-refractivity contribution in [2.24, 2.45) is 17.1 Å². The minimum absolute atomic E-state index is 0.0665. The van der Waals surface area contributed by atoms with Gasteiger partial charge in [-0.2, -0.15) is 20.9 Å². The van der Waals surface area contributed by atoms with E-state index in [1.165, 1.54) is 0 Å². The van der Waals surface area contributed by atoms with Gasteiger partial charge in [-0.1, -0.05) is 6.08 Å². The second-order valence-corrected chi connectivity index (χ2v) is 6.63. The molecule has 6 heteroatoms. The number of hydrogen-bond donors (Lipinski definition) is 1. The molecule has 0 radical (unpaired) electrons. The summed E-state index contributed by atoms with van der Waals surface area (Å²) in [6.45, 7) is 4.60. The van der Waals surface area contributed by atoms with Crippen molar-refractivity contribution in [2.45, 2.75) is 45.6 Å². The molecule has 126 valence electrons. The zero-order valence-corrected chi connectivity index (χ0v) is 14.5. The van der Waals surface area contributed by atoms with Gasteiger partial charge in [-0.25, -0.2) is 0 Å². The molecule has 1 aromatic heterocycles. The Morgan fingerprint density at radius 1 is 1.36 bits per heavy atom. The topological polar surface area (TPSA) is 115 Å². The second-order valence-electron chi connectivity index (χ2n) is 6.63. The van der Waals surface area contributed by atoms with E-state index in [2.05, 4.69) is 23.3 Å². The van der Waals surface area contributed by atoms with Crippen LogP contribution in [0.1, 0.15) is 43.4 Å². The van der Waals surface area contributed by atoms with Crippen molar-refractivity contribution >= 4 is 0 Å². The summed E-state index contributed by atoms with van der Waals surface area (Å²) < 4.78 is 1.82. The number of aromatic nitrogens is 2.